The van der Waals surface area contributed by atoms with Crippen LogP contribution in [-0.2, 0) is 0 Å². The van der Waals surface area contributed by atoms with Crippen LogP contribution in [0.1, 0.15) is 43.6 Å². The molecule has 1 N–H and O–H groups in total. The molecule has 0 aliphatic heterocycles. The number of hydrogen-bond acceptors (Lipinski definition) is 4. The Hall–Kier alpha value is -2.34. The fourth-order valence-corrected chi connectivity index (χ4v) is 2.41. The van der Waals surface area contributed by atoms with Gasteiger partial charge in [-0.1, -0.05) is 15.9 Å². The highest BCUT2D eigenvalue weighted by Gasteiger charge is 2.08. The summed E-state index contributed by atoms with van der Waals surface area (Å²) in [6, 6.07) is 12.6. The third-order valence-electron chi connectivity index (χ3n) is 3.20. The number of hydrogen-bond donors (Lipinski definition) is 1. The topological polar surface area (TPSA) is 59.9 Å². The zero-order valence-electron chi connectivity index (χ0n) is 15.3. The van der Waals surface area contributed by atoms with Gasteiger partial charge in [-0.15, -0.1) is 0 Å². The maximum Gasteiger partial charge on any atom is 0.271 e. The molecule has 5 nitrogen and oxygen atoms in total. The number of halogens is 1. The predicted octanol–water partition coefficient (Wildman–Crippen LogP) is 4.79. The minimum Gasteiger partial charge on any atom is -0.491 e. The van der Waals surface area contributed by atoms with E-state index in [1.54, 1.807) is 30.5 Å². The Kier molecular flexibility index (Phi) is 7.21. The van der Waals surface area contributed by atoms with Crippen molar-refractivity contribution in [1.82, 2.24) is 5.43 Å². The molecule has 0 aliphatic rings. The Labute approximate surface area is 162 Å². The van der Waals surface area contributed by atoms with Crippen LogP contribution in [0.2, 0.25) is 0 Å². The van der Waals surface area contributed by atoms with Gasteiger partial charge in [0.05, 0.1) is 18.4 Å². The third-order valence-corrected chi connectivity index (χ3v) is 3.72. The lowest BCUT2D eigenvalue weighted by atomic mass is 10.2. The zero-order valence-corrected chi connectivity index (χ0v) is 16.9. The average Bonchev–Trinajstić information content (AvgIpc) is 2.56. The number of ether oxygens (including phenoxy) is 2. The second-order valence-electron chi connectivity index (χ2n) is 6.24. The van der Waals surface area contributed by atoms with Crippen LogP contribution in [0.3, 0.4) is 0 Å². The van der Waals surface area contributed by atoms with Crippen molar-refractivity contribution in [3.05, 3.63) is 58.1 Å². The Morgan fingerprint density at radius 3 is 2.31 bits per heavy atom. The van der Waals surface area contributed by atoms with Crippen LogP contribution < -0.4 is 14.9 Å². The number of benzene rings is 2. The van der Waals surface area contributed by atoms with Crippen molar-refractivity contribution in [2.75, 3.05) is 0 Å². The largest absolute Gasteiger partial charge is 0.491 e. The number of nitrogens with zero attached hydrogens (tertiary/aromatic N) is 1. The van der Waals surface area contributed by atoms with Gasteiger partial charge in [-0.3, -0.25) is 4.79 Å². The van der Waals surface area contributed by atoms with Crippen molar-refractivity contribution in [3.63, 3.8) is 0 Å². The summed E-state index contributed by atoms with van der Waals surface area (Å²) in [7, 11) is 0. The van der Waals surface area contributed by atoms with Gasteiger partial charge >= 0.3 is 0 Å². The fourth-order valence-electron chi connectivity index (χ4n) is 2.15. The van der Waals surface area contributed by atoms with Gasteiger partial charge in [0.15, 0.2) is 0 Å². The zero-order chi connectivity index (χ0) is 19.1. The second-order valence-corrected chi connectivity index (χ2v) is 7.15. The first kappa shape index (κ1) is 20.0. The summed E-state index contributed by atoms with van der Waals surface area (Å²) in [5, 5.41) is 4.04. The van der Waals surface area contributed by atoms with Gasteiger partial charge < -0.3 is 9.47 Å². The van der Waals surface area contributed by atoms with Crippen molar-refractivity contribution in [2.24, 2.45) is 5.10 Å². The Balaban J connectivity index is 2.12. The average molecular weight is 419 g/mol. The van der Waals surface area contributed by atoms with E-state index in [-0.39, 0.29) is 18.1 Å². The van der Waals surface area contributed by atoms with Crippen molar-refractivity contribution >= 4 is 28.1 Å². The molecule has 0 saturated carbocycles. The minimum absolute atomic E-state index is 0.00815. The number of carbonyl (C=O) groups excluding carboxylic acids is 1. The number of amides is 1. The van der Waals surface area contributed by atoms with E-state index in [0.717, 1.165) is 15.8 Å². The summed E-state index contributed by atoms with van der Waals surface area (Å²) >= 11 is 3.34. The van der Waals surface area contributed by atoms with Crippen LogP contribution in [0.5, 0.6) is 11.5 Å². The number of rotatable bonds is 7. The van der Waals surface area contributed by atoms with Gasteiger partial charge in [-0.25, -0.2) is 5.43 Å². The molecular formula is C20H23BrN2O3. The molecule has 2 aromatic carbocycles. The third kappa shape index (κ3) is 6.19. The molecular weight excluding hydrogens is 396 g/mol. The molecule has 0 aliphatic carbocycles. The second kappa shape index (κ2) is 9.38. The lowest BCUT2D eigenvalue weighted by molar-refractivity contribution is 0.0955. The fraction of sp³-hybridized carbons (Fsp3) is 0.300. The summed E-state index contributed by atoms with van der Waals surface area (Å²) in [6.07, 6.45) is 1.65. The van der Waals surface area contributed by atoms with Crippen LogP contribution in [-0.4, -0.2) is 24.3 Å². The Bertz CT molecular complexity index is 771. The molecule has 0 aromatic heterocycles. The predicted molar refractivity (Wildman–Crippen MR) is 107 cm³/mol. The maximum absolute atomic E-state index is 12.1. The van der Waals surface area contributed by atoms with Crippen molar-refractivity contribution < 1.29 is 14.3 Å². The van der Waals surface area contributed by atoms with Gasteiger partial charge in [0.25, 0.3) is 5.91 Å². The van der Waals surface area contributed by atoms with E-state index in [2.05, 4.69) is 26.5 Å². The molecule has 0 radical (unpaired) electrons. The van der Waals surface area contributed by atoms with Crippen LogP contribution in [0, 0.1) is 0 Å². The summed E-state index contributed by atoms with van der Waals surface area (Å²) in [4.78, 5) is 12.1. The van der Waals surface area contributed by atoms with Crippen LogP contribution in [0.25, 0.3) is 0 Å². The van der Waals surface area contributed by atoms with Crippen molar-refractivity contribution in [2.45, 2.75) is 39.9 Å². The Morgan fingerprint density at radius 1 is 1.04 bits per heavy atom. The van der Waals surface area contributed by atoms with Gasteiger partial charge in [-0.2, -0.15) is 5.10 Å². The van der Waals surface area contributed by atoms with E-state index >= 15 is 0 Å². The first-order valence-corrected chi connectivity index (χ1v) is 9.21. The quantitative estimate of drug-likeness (QED) is 0.519. The van der Waals surface area contributed by atoms with E-state index in [9.17, 15) is 4.79 Å². The van der Waals surface area contributed by atoms with Gasteiger partial charge in [-0.05, 0) is 64.1 Å². The first-order valence-electron chi connectivity index (χ1n) is 8.41. The molecule has 0 unspecified atom stereocenters. The molecule has 0 saturated heterocycles. The van der Waals surface area contributed by atoms with E-state index in [4.69, 9.17) is 9.47 Å². The normalized spacial score (nSPS) is 11.2. The van der Waals surface area contributed by atoms with E-state index in [1.165, 1.54) is 0 Å². The number of carbonyl (C=O) groups is 1. The van der Waals surface area contributed by atoms with Crippen LogP contribution >= 0.6 is 15.9 Å². The molecule has 0 heterocycles. The first-order chi connectivity index (χ1) is 12.3. The maximum atomic E-state index is 12.1. The van der Waals surface area contributed by atoms with E-state index in [0.29, 0.717) is 11.3 Å². The molecule has 2 aromatic rings. The SMILES string of the molecule is CC(C)Oc1ccc(/C=N\NC(=O)c2ccc(Br)cc2)c(OC(C)C)c1. The monoisotopic (exact) mass is 418 g/mol. The van der Waals surface area contributed by atoms with Crippen LogP contribution in [0.4, 0.5) is 0 Å². The van der Waals surface area contributed by atoms with Gasteiger partial charge in [0.2, 0.25) is 0 Å². The molecule has 2 rings (SSSR count). The summed E-state index contributed by atoms with van der Waals surface area (Å²) in [5.74, 6) is 1.10. The molecule has 0 spiro atoms. The summed E-state index contributed by atoms with van der Waals surface area (Å²) < 4.78 is 12.5. The molecule has 0 fully saturated rings. The molecule has 0 bridgehead atoms. The van der Waals surface area contributed by atoms with Gasteiger partial charge in [0, 0.05) is 21.7 Å². The number of hydrazone groups is 1. The lowest BCUT2D eigenvalue weighted by Crippen LogP contribution is -2.17. The highest BCUT2D eigenvalue weighted by molar-refractivity contribution is 9.10. The summed E-state index contributed by atoms with van der Waals surface area (Å²) in [5.41, 5.74) is 3.81. The highest BCUT2D eigenvalue weighted by atomic mass is 79.9. The smallest absolute Gasteiger partial charge is 0.271 e. The van der Waals surface area contributed by atoms with Crippen molar-refractivity contribution in [3.8, 4) is 11.5 Å². The van der Waals surface area contributed by atoms with Gasteiger partial charge in [0.1, 0.15) is 11.5 Å². The standard InChI is InChI=1S/C20H23BrN2O3/c1-13(2)25-18-10-7-16(19(11-18)26-14(3)4)12-22-23-20(24)15-5-8-17(21)9-6-15/h5-14H,1-4H3,(H,23,24)/b22-12-. The highest BCUT2D eigenvalue weighted by Crippen LogP contribution is 2.25. The lowest BCUT2D eigenvalue weighted by Gasteiger charge is -2.15. The molecule has 26 heavy (non-hydrogen) atoms. The van der Waals surface area contributed by atoms with Crippen molar-refractivity contribution in [1.29, 1.82) is 0 Å². The molecule has 138 valence electrons. The molecule has 6 heteroatoms. The van der Waals surface area contributed by atoms with E-state index in [1.807, 2.05) is 45.9 Å². The molecule has 1 amide bonds. The number of nitrogens with one attached hydrogen (secondary N) is 1. The Morgan fingerprint density at radius 2 is 1.69 bits per heavy atom. The van der Waals surface area contributed by atoms with E-state index < -0.39 is 0 Å². The summed E-state index contributed by atoms with van der Waals surface area (Å²) in [6.45, 7) is 7.84. The minimum atomic E-state index is -0.278. The van der Waals surface area contributed by atoms with Crippen LogP contribution in [0.15, 0.2) is 52.0 Å². The molecule has 0 atom stereocenters.